The Labute approximate surface area is 139 Å². The van der Waals surface area contributed by atoms with Crippen LogP contribution < -0.4 is 9.64 Å². The van der Waals surface area contributed by atoms with Gasteiger partial charge in [-0.05, 0) is 31.5 Å². The van der Waals surface area contributed by atoms with E-state index in [1.54, 1.807) is 11.3 Å². The predicted molar refractivity (Wildman–Crippen MR) is 90.1 cm³/mol. The van der Waals surface area contributed by atoms with Gasteiger partial charge in [0.15, 0.2) is 6.61 Å². The minimum atomic E-state index is 0.0274. The Hall–Kier alpha value is -2.15. The third-order valence-corrected chi connectivity index (χ3v) is 4.67. The Morgan fingerprint density at radius 2 is 2.00 bits per heavy atom. The number of ether oxygens (including phenoxy) is 1. The number of carbonyl (C=O) groups is 1. The molecule has 0 aliphatic carbocycles. The molecule has 1 aliphatic heterocycles. The second-order valence-corrected chi connectivity index (χ2v) is 6.74. The lowest BCUT2D eigenvalue weighted by molar-refractivity contribution is -0.133. The Kier molecular flexibility index (Phi) is 4.76. The van der Waals surface area contributed by atoms with E-state index >= 15 is 0 Å². The van der Waals surface area contributed by atoms with Gasteiger partial charge in [0.25, 0.3) is 5.91 Å². The molecule has 23 heavy (non-hydrogen) atoms. The van der Waals surface area contributed by atoms with E-state index in [-0.39, 0.29) is 12.5 Å². The van der Waals surface area contributed by atoms with Gasteiger partial charge in [0, 0.05) is 26.2 Å². The largest absolute Gasteiger partial charge is 0.484 e. The smallest absolute Gasteiger partial charge is 0.260 e. The van der Waals surface area contributed by atoms with E-state index in [9.17, 15) is 4.79 Å². The van der Waals surface area contributed by atoms with Crippen LogP contribution >= 0.6 is 11.3 Å². The van der Waals surface area contributed by atoms with E-state index in [0.717, 1.165) is 34.5 Å². The van der Waals surface area contributed by atoms with Crippen molar-refractivity contribution >= 4 is 22.4 Å². The van der Waals surface area contributed by atoms with Gasteiger partial charge in [-0.25, -0.2) is 0 Å². The van der Waals surface area contributed by atoms with Crippen LogP contribution in [0.1, 0.15) is 10.6 Å². The maximum Gasteiger partial charge on any atom is 0.260 e. The number of aryl methyl sites for hydroxylation is 2. The highest BCUT2D eigenvalue weighted by Gasteiger charge is 2.23. The molecule has 1 fully saturated rings. The molecular formula is C16H20N4O2S. The van der Waals surface area contributed by atoms with E-state index < -0.39 is 0 Å². The van der Waals surface area contributed by atoms with Crippen LogP contribution in [0.3, 0.4) is 0 Å². The highest BCUT2D eigenvalue weighted by Crippen LogP contribution is 2.21. The van der Waals surface area contributed by atoms with Crippen LogP contribution in [0.25, 0.3) is 0 Å². The summed E-state index contributed by atoms with van der Waals surface area (Å²) in [7, 11) is 0. The van der Waals surface area contributed by atoms with E-state index in [1.807, 2.05) is 43.0 Å². The zero-order valence-corrected chi connectivity index (χ0v) is 14.2. The molecule has 2 heterocycles. The van der Waals surface area contributed by atoms with Gasteiger partial charge in [-0.2, -0.15) is 0 Å². The summed E-state index contributed by atoms with van der Waals surface area (Å²) in [6.07, 6.45) is 0. The van der Waals surface area contributed by atoms with Crippen molar-refractivity contribution < 1.29 is 9.53 Å². The van der Waals surface area contributed by atoms with E-state index in [0.29, 0.717) is 13.1 Å². The summed E-state index contributed by atoms with van der Waals surface area (Å²) in [5, 5.41) is 10.1. The molecule has 1 aromatic heterocycles. The Balaban J connectivity index is 1.48. The van der Waals surface area contributed by atoms with Crippen molar-refractivity contribution in [3.63, 3.8) is 0 Å². The normalized spacial score (nSPS) is 14.9. The molecule has 0 N–H and O–H groups in total. The zero-order valence-electron chi connectivity index (χ0n) is 13.4. The van der Waals surface area contributed by atoms with Crippen LogP contribution in [-0.4, -0.2) is 53.8 Å². The highest BCUT2D eigenvalue weighted by atomic mass is 32.1. The SMILES string of the molecule is Cc1cccc(OCC(=O)N2CCN(c3nnc(C)s3)CC2)c1. The van der Waals surface area contributed by atoms with E-state index in [1.165, 1.54) is 0 Å². The van der Waals surface area contributed by atoms with Crippen molar-refractivity contribution in [3.05, 3.63) is 34.8 Å². The minimum absolute atomic E-state index is 0.0274. The summed E-state index contributed by atoms with van der Waals surface area (Å²) in [5.74, 6) is 0.765. The van der Waals surface area contributed by atoms with Gasteiger partial charge < -0.3 is 14.5 Å². The predicted octanol–water partition coefficient (Wildman–Crippen LogP) is 1.88. The lowest BCUT2D eigenvalue weighted by atomic mass is 10.2. The first-order valence-corrected chi connectivity index (χ1v) is 8.46. The number of anilines is 1. The van der Waals surface area contributed by atoms with Gasteiger partial charge in [-0.1, -0.05) is 23.5 Å². The Morgan fingerprint density at radius 1 is 1.22 bits per heavy atom. The lowest BCUT2D eigenvalue weighted by Crippen LogP contribution is -2.50. The number of benzene rings is 1. The number of hydrogen-bond donors (Lipinski definition) is 0. The molecule has 0 spiro atoms. The molecule has 7 heteroatoms. The van der Waals surface area contributed by atoms with Crippen LogP contribution in [0.5, 0.6) is 5.75 Å². The number of rotatable bonds is 4. The van der Waals surface area contributed by atoms with E-state index in [4.69, 9.17) is 4.74 Å². The molecule has 0 radical (unpaired) electrons. The molecule has 1 aliphatic rings. The summed E-state index contributed by atoms with van der Waals surface area (Å²) in [6.45, 7) is 6.98. The van der Waals surface area contributed by atoms with Crippen LogP contribution in [0.2, 0.25) is 0 Å². The molecule has 2 aromatic rings. The van der Waals surface area contributed by atoms with Gasteiger partial charge in [0.2, 0.25) is 5.13 Å². The van der Waals surface area contributed by atoms with Gasteiger partial charge in [-0.3, -0.25) is 4.79 Å². The summed E-state index contributed by atoms with van der Waals surface area (Å²) in [4.78, 5) is 16.3. The van der Waals surface area contributed by atoms with Crippen molar-refractivity contribution in [2.75, 3.05) is 37.7 Å². The molecule has 0 unspecified atom stereocenters. The third-order valence-electron chi connectivity index (χ3n) is 3.77. The van der Waals surface area contributed by atoms with Gasteiger partial charge in [0.1, 0.15) is 10.8 Å². The molecule has 0 saturated carbocycles. The van der Waals surface area contributed by atoms with Crippen LogP contribution in [-0.2, 0) is 4.79 Å². The molecule has 0 atom stereocenters. The third kappa shape index (κ3) is 3.98. The summed E-state index contributed by atoms with van der Waals surface area (Å²) < 4.78 is 5.59. The molecule has 0 bridgehead atoms. The van der Waals surface area contributed by atoms with Crippen molar-refractivity contribution in [1.29, 1.82) is 0 Å². The molecule has 122 valence electrons. The first-order valence-electron chi connectivity index (χ1n) is 7.64. The first-order chi connectivity index (χ1) is 11.1. The molecule has 1 saturated heterocycles. The van der Waals surface area contributed by atoms with Gasteiger partial charge in [-0.15, -0.1) is 10.2 Å². The maximum absolute atomic E-state index is 12.3. The quantitative estimate of drug-likeness (QED) is 0.856. The van der Waals surface area contributed by atoms with Crippen molar-refractivity contribution in [2.45, 2.75) is 13.8 Å². The number of piperazine rings is 1. The maximum atomic E-state index is 12.3. The fourth-order valence-corrected chi connectivity index (χ4v) is 3.24. The average molecular weight is 332 g/mol. The molecule has 6 nitrogen and oxygen atoms in total. The number of aromatic nitrogens is 2. The number of nitrogens with zero attached hydrogens (tertiary/aromatic N) is 4. The van der Waals surface area contributed by atoms with Crippen LogP contribution in [0, 0.1) is 13.8 Å². The summed E-state index contributed by atoms with van der Waals surface area (Å²) in [6, 6.07) is 7.74. The molecule has 1 aromatic carbocycles. The fourth-order valence-electron chi connectivity index (χ4n) is 2.50. The standard InChI is InChI=1S/C16H20N4O2S/c1-12-4-3-5-14(10-12)22-11-15(21)19-6-8-20(9-7-19)16-18-17-13(2)23-16/h3-5,10H,6-9,11H2,1-2H3. The topological polar surface area (TPSA) is 58.6 Å². The second kappa shape index (κ2) is 6.95. The molecule has 1 amide bonds. The number of amides is 1. The van der Waals surface area contributed by atoms with Gasteiger partial charge in [0.05, 0.1) is 0 Å². The van der Waals surface area contributed by atoms with Crippen molar-refractivity contribution in [3.8, 4) is 5.75 Å². The highest BCUT2D eigenvalue weighted by molar-refractivity contribution is 7.15. The first kappa shape index (κ1) is 15.7. The fraction of sp³-hybridized carbons (Fsp3) is 0.438. The molecular weight excluding hydrogens is 312 g/mol. The summed E-state index contributed by atoms with van der Waals surface area (Å²) in [5.41, 5.74) is 1.12. The van der Waals surface area contributed by atoms with Crippen molar-refractivity contribution in [1.82, 2.24) is 15.1 Å². The Morgan fingerprint density at radius 3 is 2.65 bits per heavy atom. The lowest BCUT2D eigenvalue weighted by Gasteiger charge is -2.34. The van der Waals surface area contributed by atoms with Crippen LogP contribution in [0.15, 0.2) is 24.3 Å². The zero-order chi connectivity index (χ0) is 16.2. The van der Waals surface area contributed by atoms with Crippen LogP contribution in [0.4, 0.5) is 5.13 Å². The van der Waals surface area contributed by atoms with Gasteiger partial charge >= 0.3 is 0 Å². The molecule has 3 rings (SSSR count). The Bertz CT molecular complexity index is 680. The number of carbonyl (C=O) groups excluding carboxylic acids is 1. The summed E-state index contributed by atoms with van der Waals surface area (Å²) >= 11 is 1.59. The number of hydrogen-bond acceptors (Lipinski definition) is 6. The van der Waals surface area contributed by atoms with Crippen molar-refractivity contribution in [2.24, 2.45) is 0 Å². The monoisotopic (exact) mass is 332 g/mol. The minimum Gasteiger partial charge on any atom is -0.484 e. The average Bonchev–Trinajstić information content (AvgIpc) is 2.99. The van der Waals surface area contributed by atoms with E-state index in [2.05, 4.69) is 15.1 Å². The second-order valence-electron chi connectivity index (χ2n) is 5.58.